The molecule has 0 fully saturated rings. The third-order valence-electron chi connectivity index (χ3n) is 1.16. The maximum Gasteiger partial charge on any atom is 0.318 e. The number of nitro benzene ring substituents is 1. The van der Waals surface area contributed by atoms with Crippen molar-refractivity contribution < 1.29 is 9.31 Å². The van der Waals surface area contributed by atoms with Crippen LogP contribution in [0, 0.1) is 15.9 Å². The first-order valence-corrected chi connectivity index (χ1v) is 4.40. The highest BCUT2D eigenvalue weighted by atomic mass is 79.9. The van der Waals surface area contributed by atoms with Gasteiger partial charge in [0.15, 0.2) is 0 Å². The third-order valence-corrected chi connectivity index (χ3v) is 2.23. The SMILES string of the molecule is O=[N+]([O-])c1c(F)cc(Br)cc1Br. The van der Waals surface area contributed by atoms with E-state index in [2.05, 4.69) is 31.9 Å². The lowest BCUT2D eigenvalue weighted by Gasteiger charge is -1.97. The minimum atomic E-state index is -0.860. The third kappa shape index (κ3) is 1.81. The highest BCUT2D eigenvalue weighted by Gasteiger charge is 2.18. The summed E-state index contributed by atoms with van der Waals surface area (Å²) in [7, 11) is 0. The van der Waals surface area contributed by atoms with Crippen molar-refractivity contribution in [1.29, 1.82) is 0 Å². The standard InChI is InChI=1S/C6H2Br2FNO2/c7-3-1-4(8)6(10(11)12)5(9)2-3/h1-2H. The van der Waals surface area contributed by atoms with Gasteiger partial charge >= 0.3 is 5.69 Å². The molecule has 12 heavy (non-hydrogen) atoms. The first kappa shape index (κ1) is 9.60. The van der Waals surface area contributed by atoms with Gasteiger partial charge in [0.05, 0.1) is 9.40 Å². The van der Waals surface area contributed by atoms with Crippen LogP contribution in [0.4, 0.5) is 10.1 Å². The molecule has 0 heterocycles. The summed E-state index contributed by atoms with van der Waals surface area (Å²) >= 11 is 5.89. The molecule has 0 aliphatic heterocycles. The van der Waals surface area contributed by atoms with Crippen LogP contribution in [-0.2, 0) is 0 Å². The van der Waals surface area contributed by atoms with Crippen molar-refractivity contribution in [2.24, 2.45) is 0 Å². The fourth-order valence-electron chi connectivity index (χ4n) is 0.709. The summed E-state index contributed by atoms with van der Waals surface area (Å²) in [4.78, 5) is 9.50. The smallest absolute Gasteiger partial charge is 0.258 e. The van der Waals surface area contributed by atoms with Crippen LogP contribution in [-0.4, -0.2) is 4.92 Å². The Morgan fingerprint density at radius 3 is 2.42 bits per heavy atom. The molecule has 1 aromatic carbocycles. The molecule has 0 aliphatic carbocycles. The predicted octanol–water partition coefficient (Wildman–Crippen LogP) is 3.26. The van der Waals surface area contributed by atoms with Crippen LogP contribution in [0.15, 0.2) is 21.1 Å². The summed E-state index contributed by atoms with van der Waals surface area (Å²) in [5.41, 5.74) is -0.543. The van der Waals surface area contributed by atoms with E-state index in [0.717, 1.165) is 6.07 Å². The van der Waals surface area contributed by atoms with Crippen LogP contribution >= 0.6 is 31.9 Å². The number of halogens is 3. The molecule has 1 rings (SSSR count). The van der Waals surface area contributed by atoms with Crippen LogP contribution < -0.4 is 0 Å². The average Bonchev–Trinajstić information content (AvgIpc) is 1.82. The highest BCUT2D eigenvalue weighted by molar-refractivity contribution is 9.11. The van der Waals surface area contributed by atoms with Gasteiger partial charge in [0.25, 0.3) is 0 Å². The quantitative estimate of drug-likeness (QED) is 0.590. The van der Waals surface area contributed by atoms with E-state index in [-0.39, 0.29) is 4.47 Å². The Kier molecular flexibility index (Phi) is 2.79. The number of benzene rings is 1. The molecule has 64 valence electrons. The first-order valence-electron chi connectivity index (χ1n) is 2.81. The Balaban J connectivity index is 3.38. The van der Waals surface area contributed by atoms with E-state index in [1.807, 2.05) is 0 Å². The van der Waals surface area contributed by atoms with Crippen LogP contribution in [0.25, 0.3) is 0 Å². The Hall–Kier alpha value is -0.490. The van der Waals surface area contributed by atoms with Gasteiger partial charge in [-0.25, -0.2) is 0 Å². The Bertz CT molecular complexity index is 319. The maximum absolute atomic E-state index is 12.9. The zero-order valence-corrected chi connectivity index (χ0v) is 8.72. The van der Waals surface area contributed by atoms with Crippen LogP contribution in [0.5, 0.6) is 0 Å². The number of rotatable bonds is 1. The van der Waals surface area contributed by atoms with Crippen molar-refractivity contribution in [3.8, 4) is 0 Å². The van der Waals surface area contributed by atoms with E-state index >= 15 is 0 Å². The van der Waals surface area contributed by atoms with Crippen LogP contribution in [0.3, 0.4) is 0 Å². The van der Waals surface area contributed by atoms with E-state index in [1.54, 1.807) is 0 Å². The minimum Gasteiger partial charge on any atom is -0.258 e. The van der Waals surface area contributed by atoms with E-state index in [1.165, 1.54) is 6.07 Å². The first-order chi connectivity index (χ1) is 5.52. The molecule has 0 spiro atoms. The van der Waals surface area contributed by atoms with Crippen molar-refractivity contribution in [1.82, 2.24) is 0 Å². The maximum atomic E-state index is 12.9. The normalized spacial score (nSPS) is 9.92. The van der Waals surface area contributed by atoms with Gasteiger partial charge in [-0.15, -0.1) is 0 Å². The van der Waals surface area contributed by atoms with Gasteiger partial charge in [0, 0.05) is 4.47 Å². The lowest BCUT2D eigenvalue weighted by molar-refractivity contribution is -0.388. The second kappa shape index (κ2) is 3.49. The van der Waals surface area contributed by atoms with Crippen LogP contribution in [0.2, 0.25) is 0 Å². The van der Waals surface area contributed by atoms with E-state index in [0.29, 0.717) is 4.47 Å². The molecular weight excluding hydrogens is 297 g/mol. The van der Waals surface area contributed by atoms with Crippen molar-refractivity contribution in [3.05, 3.63) is 37.0 Å². The summed E-state index contributed by atoms with van der Waals surface area (Å²) in [6.45, 7) is 0. The molecule has 0 unspecified atom stereocenters. The predicted molar refractivity (Wildman–Crippen MR) is 48.5 cm³/mol. The molecule has 6 heteroatoms. The van der Waals surface area contributed by atoms with Crippen molar-refractivity contribution in [2.75, 3.05) is 0 Å². The molecule has 0 saturated heterocycles. The van der Waals surface area contributed by atoms with E-state index < -0.39 is 16.4 Å². The van der Waals surface area contributed by atoms with E-state index in [4.69, 9.17) is 0 Å². The monoisotopic (exact) mass is 297 g/mol. The Morgan fingerprint density at radius 1 is 1.42 bits per heavy atom. The molecule has 3 nitrogen and oxygen atoms in total. The van der Waals surface area contributed by atoms with Crippen LogP contribution in [0.1, 0.15) is 0 Å². The molecule has 0 N–H and O–H groups in total. The Morgan fingerprint density at radius 2 is 2.00 bits per heavy atom. The van der Waals surface area contributed by atoms with Gasteiger partial charge in [-0.05, 0) is 28.1 Å². The fraction of sp³-hybridized carbons (Fsp3) is 0. The number of nitrogens with zero attached hydrogens (tertiary/aromatic N) is 1. The van der Waals surface area contributed by atoms with Gasteiger partial charge in [-0.1, -0.05) is 15.9 Å². The second-order valence-electron chi connectivity index (χ2n) is 1.98. The van der Waals surface area contributed by atoms with Crippen molar-refractivity contribution >= 4 is 37.5 Å². The summed E-state index contributed by atoms with van der Waals surface area (Å²) in [5, 5.41) is 10.3. The summed E-state index contributed by atoms with van der Waals surface area (Å²) in [6, 6.07) is 2.46. The molecule has 0 saturated carbocycles. The molecule has 0 aromatic heterocycles. The number of hydrogen-bond donors (Lipinski definition) is 0. The molecule has 0 aliphatic rings. The second-order valence-corrected chi connectivity index (χ2v) is 3.75. The van der Waals surface area contributed by atoms with Gasteiger partial charge in [-0.3, -0.25) is 10.1 Å². The van der Waals surface area contributed by atoms with Gasteiger partial charge in [0.1, 0.15) is 0 Å². The molecule has 0 atom stereocenters. The zero-order valence-electron chi connectivity index (χ0n) is 5.55. The molecule has 0 amide bonds. The lowest BCUT2D eigenvalue weighted by atomic mass is 10.3. The zero-order chi connectivity index (χ0) is 9.30. The largest absolute Gasteiger partial charge is 0.318 e. The molecule has 0 radical (unpaired) electrons. The fourth-order valence-corrected chi connectivity index (χ4v) is 2.03. The number of hydrogen-bond acceptors (Lipinski definition) is 2. The molecule has 0 bridgehead atoms. The summed E-state index contributed by atoms with van der Waals surface area (Å²) in [5.74, 6) is -0.860. The summed E-state index contributed by atoms with van der Waals surface area (Å²) < 4.78 is 13.4. The van der Waals surface area contributed by atoms with Crippen molar-refractivity contribution in [3.63, 3.8) is 0 Å². The number of nitro groups is 1. The molecule has 1 aromatic rings. The molecular formula is C6H2Br2FNO2. The lowest BCUT2D eigenvalue weighted by Crippen LogP contribution is -1.93. The van der Waals surface area contributed by atoms with Crippen molar-refractivity contribution in [2.45, 2.75) is 0 Å². The Labute approximate surface area is 84.0 Å². The summed E-state index contributed by atoms with van der Waals surface area (Å²) in [6.07, 6.45) is 0. The van der Waals surface area contributed by atoms with E-state index in [9.17, 15) is 14.5 Å². The highest BCUT2D eigenvalue weighted by Crippen LogP contribution is 2.30. The topological polar surface area (TPSA) is 43.1 Å². The van der Waals surface area contributed by atoms with Gasteiger partial charge in [0.2, 0.25) is 5.82 Å². The minimum absolute atomic E-state index is 0.124. The van der Waals surface area contributed by atoms with Gasteiger partial charge in [-0.2, -0.15) is 4.39 Å². The van der Waals surface area contributed by atoms with Gasteiger partial charge < -0.3 is 0 Å². The average molecular weight is 299 g/mol.